The standard InChI is InChI=1S/C10H14NO3P/c1-8(2)15(3,14)10-7-5-4-6-9(10)11(12)13/h4-8H,1-3H3. The van der Waals surface area contributed by atoms with Crippen molar-refractivity contribution in [3.63, 3.8) is 0 Å². The highest BCUT2D eigenvalue weighted by Gasteiger charge is 2.29. The van der Waals surface area contributed by atoms with Crippen LogP contribution in [0.1, 0.15) is 13.8 Å². The molecule has 0 aliphatic heterocycles. The molecule has 15 heavy (non-hydrogen) atoms. The third kappa shape index (κ3) is 2.26. The van der Waals surface area contributed by atoms with Crippen molar-refractivity contribution in [2.45, 2.75) is 19.5 Å². The van der Waals surface area contributed by atoms with Gasteiger partial charge in [0.25, 0.3) is 5.69 Å². The molecule has 0 radical (unpaired) electrons. The van der Waals surface area contributed by atoms with Crippen LogP contribution in [0.3, 0.4) is 0 Å². The van der Waals surface area contributed by atoms with E-state index in [0.29, 0.717) is 5.30 Å². The monoisotopic (exact) mass is 227 g/mol. The Hall–Kier alpha value is -1.15. The summed E-state index contributed by atoms with van der Waals surface area (Å²) >= 11 is 0. The molecule has 1 atom stereocenters. The molecule has 0 aliphatic rings. The second-order valence-electron chi connectivity index (χ2n) is 3.83. The molecule has 0 saturated heterocycles. The average molecular weight is 227 g/mol. The molecule has 0 spiro atoms. The molecule has 82 valence electrons. The Morgan fingerprint density at radius 1 is 1.33 bits per heavy atom. The zero-order valence-corrected chi connectivity index (χ0v) is 9.90. The van der Waals surface area contributed by atoms with E-state index in [1.807, 2.05) is 13.8 Å². The Kier molecular flexibility index (Phi) is 3.30. The average Bonchev–Trinajstić information content (AvgIpc) is 2.17. The SMILES string of the molecule is CC(C)P(C)(=O)c1ccccc1[N+](=O)[O-]. The maximum Gasteiger partial charge on any atom is 0.280 e. The number of nitro benzene ring substituents is 1. The summed E-state index contributed by atoms with van der Waals surface area (Å²) in [4.78, 5) is 10.3. The Balaban J connectivity index is 3.38. The molecular weight excluding hydrogens is 213 g/mol. The van der Waals surface area contributed by atoms with Gasteiger partial charge in [-0.15, -0.1) is 0 Å². The number of hydrogen-bond acceptors (Lipinski definition) is 3. The fraction of sp³-hybridized carbons (Fsp3) is 0.400. The Morgan fingerprint density at radius 3 is 2.33 bits per heavy atom. The van der Waals surface area contributed by atoms with Crippen molar-refractivity contribution in [1.29, 1.82) is 0 Å². The van der Waals surface area contributed by atoms with E-state index < -0.39 is 12.1 Å². The summed E-state index contributed by atoms with van der Waals surface area (Å²) in [5.41, 5.74) is -0.129. The van der Waals surface area contributed by atoms with E-state index in [-0.39, 0.29) is 11.3 Å². The molecule has 0 aromatic heterocycles. The van der Waals surface area contributed by atoms with Gasteiger partial charge < -0.3 is 4.57 Å². The van der Waals surface area contributed by atoms with Crippen molar-refractivity contribution in [3.05, 3.63) is 34.4 Å². The van der Waals surface area contributed by atoms with E-state index in [9.17, 15) is 14.7 Å². The van der Waals surface area contributed by atoms with Crippen LogP contribution in [0.5, 0.6) is 0 Å². The van der Waals surface area contributed by atoms with Gasteiger partial charge in [-0.05, 0) is 12.7 Å². The van der Waals surface area contributed by atoms with Gasteiger partial charge in [-0.1, -0.05) is 26.0 Å². The van der Waals surface area contributed by atoms with Gasteiger partial charge in [0.2, 0.25) is 0 Å². The number of benzene rings is 1. The van der Waals surface area contributed by atoms with Crippen LogP contribution >= 0.6 is 7.14 Å². The lowest BCUT2D eigenvalue weighted by Crippen LogP contribution is -2.15. The lowest BCUT2D eigenvalue weighted by atomic mass is 10.3. The smallest absolute Gasteiger partial charge is 0.280 e. The van der Waals surface area contributed by atoms with E-state index in [4.69, 9.17) is 0 Å². The number of nitro groups is 1. The lowest BCUT2D eigenvalue weighted by Gasteiger charge is -2.16. The van der Waals surface area contributed by atoms with Gasteiger partial charge in [0, 0.05) is 11.7 Å². The van der Waals surface area contributed by atoms with E-state index in [0.717, 1.165) is 0 Å². The van der Waals surface area contributed by atoms with Crippen LogP contribution in [0, 0.1) is 10.1 Å². The highest BCUT2D eigenvalue weighted by atomic mass is 31.2. The molecule has 1 aromatic carbocycles. The van der Waals surface area contributed by atoms with Crippen LogP contribution in [0.4, 0.5) is 5.69 Å². The second kappa shape index (κ2) is 4.15. The summed E-state index contributed by atoms with van der Waals surface area (Å²) in [7, 11) is -2.65. The highest BCUT2D eigenvalue weighted by molar-refractivity contribution is 7.71. The van der Waals surface area contributed by atoms with Crippen LogP contribution in [-0.4, -0.2) is 17.2 Å². The second-order valence-corrected chi connectivity index (χ2v) is 7.32. The maximum absolute atomic E-state index is 12.3. The van der Waals surface area contributed by atoms with Gasteiger partial charge in [0.05, 0.1) is 10.2 Å². The normalized spacial score (nSPS) is 14.9. The van der Waals surface area contributed by atoms with Gasteiger partial charge in [-0.25, -0.2) is 0 Å². The molecule has 0 saturated carbocycles. The largest absolute Gasteiger partial charge is 0.318 e. The number of nitrogens with zero attached hydrogens (tertiary/aromatic N) is 1. The lowest BCUT2D eigenvalue weighted by molar-refractivity contribution is -0.383. The minimum Gasteiger partial charge on any atom is -0.318 e. The van der Waals surface area contributed by atoms with Crippen molar-refractivity contribution in [1.82, 2.24) is 0 Å². The summed E-state index contributed by atoms with van der Waals surface area (Å²) in [5.74, 6) is 0. The van der Waals surface area contributed by atoms with E-state index in [1.165, 1.54) is 6.07 Å². The van der Waals surface area contributed by atoms with Crippen molar-refractivity contribution in [2.75, 3.05) is 6.66 Å². The predicted octanol–water partition coefficient (Wildman–Crippen LogP) is 2.62. The third-order valence-electron chi connectivity index (χ3n) is 2.54. The van der Waals surface area contributed by atoms with Crippen molar-refractivity contribution < 1.29 is 9.49 Å². The van der Waals surface area contributed by atoms with Gasteiger partial charge in [-0.3, -0.25) is 10.1 Å². The molecule has 5 heteroatoms. The van der Waals surface area contributed by atoms with Crippen LogP contribution in [0.25, 0.3) is 0 Å². The van der Waals surface area contributed by atoms with Crippen LogP contribution < -0.4 is 5.30 Å². The Morgan fingerprint density at radius 2 is 1.87 bits per heavy atom. The predicted molar refractivity (Wildman–Crippen MR) is 61.4 cm³/mol. The molecule has 0 bridgehead atoms. The summed E-state index contributed by atoms with van der Waals surface area (Å²) in [6, 6.07) is 6.25. The minimum atomic E-state index is -2.65. The van der Waals surface area contributed by atoms with Gasteiger partial charge in [-0.2, -0.15) is 0 Å². The van der Waals surface area contributed by atoms with Crippen LogP contribution in [0.15, 0.2) is 24.3 Å². The summed E-state index contributed by atoms with van der Waals surface area (Å²) in [6.07, 6.45) is 0. The number of rotatable bonds is 3. The minimum absolute atomic E-state index is 0.0444. The fourth-order valence-corrected chi connectivity index (χ4v) is 2.82. The Labute approximate surface area is 88.8 Å². The van der Waals surface area contributed by atoms with E-state index in [1.54, 1.807) is 24.9 Å². The zero-order chi connectivity index (χ0) is 11.6. The Bertz CT molecular complexity index is 428. The van der Waals surface area contributed by atoms with Gasteiger partial charge in [0.1, 0.15) is 7.14 Å². The first kappa shape index (κ1) is 11.9. The molecule has 1 rings (SSSR count). The van der Waals surface area contributed by atoms with E-state index >= 15 is 0 Å². The first-order valence-corrected chi connectivity index (χ1v) is 6.91. The third-order valence-corrected chi connectivity index (χ3v) is 5.85. The van der Waals surface area contributed by atoms with Gasteiger partial charge in [0.15, 0.2) is 0 Å². The van der Waals surface area contributed by atoms with E-state index in [2.05, 4.69) is 0 Å². The topological polar surface area (TPSA) is 60.2 Å². The molecule has 1 aromatic rings. The summed E-state index contributed by atoms with van der Waals surface area (Å²) in [5, 5.41) is 11.1. The first-order chi connectivity index (χ1) is 6.87. The molecule has 1 unspecified atom stereocenters. The molecule has 0 N–H and O–H groups in total. The molecule has 0 aliphatic carbocycles. The molecule has 4 nitrogen and oxygen atoms in total. The van der Waals surface area contributed by atoms with Gasteiger partial charge >= 0.3 is 0 Å². The quantitative estimate of drug-likeness (QED) is 0.453. The van der Waals surface area contributed by atoms with Crippen molar-refractivity contribution >= 4 is 18.1 Å². The number of hydrogen-bond donors (Lipinski definition) is 0. The highest BCUT2D eigenvalue weighted by Crippen LogP contribution is 2.47. The first-order valence-electron chi connectivity index (χ1n) is 4.68. The summed E-state index contributed by atoms with van der Waals surface area (Å²) < 4.78 is 12.3. The van der Waals surface area contributed by atoms with Crippen molar-refractivity contribution in [3.8, 4) is 0 Å². The zero-order valence-electron chi connectivity index (χ0n) is 9.01. The maximum atomic E-state index is 12.3. The van der Waals surface area contributed by atoms with Crippen LogP contribution in [0.2, 0.25) is 0 Å². The molecule has 0 heterocycles. The van der Waals surface area contributed by atoms with Crippen molar-refractivity contribution in [2.24, 2.45) is 0 Å². The fourth-order valence-electron chi connectivity index (χ4n) is 1.27. The number of para-hydroxylation sites is 1. The molecule has 0 amide bonds. The summed E-state index contributed by atoms with van der Waals surface area (Å²) in [6.45, 7) is 5.23. The van der Waals surface area contributed by atoms with Crippen LogP contribution in [-0.2, 0) is 4.57 Å². The molecular formula is C10H14NO3P. The molecule has 0 fully saturated rings.